The second-order valence-electron chi connectivity index (χ2n) is 7.42. The molecular weight excluding hydrogens is 332 g/mol. The van der Waals surface area contributed by atoms with Gasteiger partial charge in [0.05, 0.1) is 5.69 Å². The predicted molar refractivity (Wildman–Crippen MR) is 98.3 cm³/mol. The van der Waals surface area contributed by atoms with Crippen molar-refractivity contribution in [3.63, 3.8) is 0 Å². The molecule has 0 spiro atoms. The Bertz CT molecular complexity index is 647. The number of fused-ring (bicyclic) bond motifs is 1. The maximum absolute atomic E-state index is 13.0. The lowest BCUT2D eigenvalue weighted by molar-refractivity contribution is 0.0690. The van der Waals surface area contributed by atoms with Crippen LogP contribution < -0.4 is 5.32 Å². The first-order chi connectivity index (χ1) is 12.6. The van der Waals surface area contributed by atoms with Gasteiger partial charge in [-0.25, -0.2) is 4.98 Å². The Hall–Kier alpha value is -1.89. The van der Waals surface area contributed by atoms with E-state index < -0.39 is 0 Å². The van der Waals surface area contributed by atoms with Gasteiger partial charge in [0.1, 0.15) is 5.69 Å². The lowest BCUT2D eigenvalue weighted by Gasteiger charge is -2.30. The molecule has 1 N–H and O–H groups in total. The van der Waals surface area contributed by atoms with Crippen LogP contribution in [0.2, 0.25) is 0 Å². The van der Waals surface area contributed by atoms with Gasteiger partial charge in [-0.3, -0.25) is 9.59 Å². The van der Waals surface area contributed by atoms with Crippen LogP contribution in [0.15, 0.2) is 0 Å². The number of aromatic nitrogens is 2. The average Bonchev–Trinajstić information content (AvgIpc) is 3.05. The molecule has 26 heavy (non-hydrogen) atoms. The summed E-state index contributed by atoms with van der Waals surface area (Å²) in [5, 5.41) is 2.89. The SMILES string of the molecule is COCCCNC(=O)c1nc(C(=O)N2CCC(C)CC2)c2n1CCCC2. The van der Waals surface area contributed by atoms with Crippen LogP contribution in [0.25, 0.3) is 0 Å². The van der Waals surface area contributed by atoms with E-state index in [1.807, 2.05) is 9.47 Å². The van der Waals surface area contributed by atoms with Gasteiger partial charge in [-0.1, -0.05) is 6.92 Å². The molecule has 1 saturated heterocycles. The molecule has 0 aliphatic carbocycles. The highest BCUT2D eigenvalue weighted by Gasteiger charge is 2.30. The summed E-state index contributed by atoms with van der Waals surface area (Å²) in [5.74, 6) is 0.839. The number of imidazole rings is 1. The van der Waals surface area contributed by atoms with E-state index in [-0.39, 0.29) is 11.8 Å². The lowest BCUT2D eigenvalue weighted by Crippen LogP contribution is -2.38. The fourth-order valence-electron chi connectivity index (χ4n) is 3.75. The summed E-state index contributed by atoms with van der Waals surface area (Å²) < 4.78 is 6.96. The Labute approximate surface area is 155 Å². The smallest absolute Gasteiger partial charge is 0.287 e. The molecule has 144 valence electrons. The highest BCUT2D eigenvalue weighted by molar-refractivity contribution is 5.97. The number of nitrogens with one attached hydrogen (secondary N) is 1. The number of hydrogen-bond donors (Lipinski definition) is 1. The summed E-state index contributed by atoms with van der Waals surface area (Å²) in [6, 6.07) is 0. The summed E-state index contributed by atoms with van der Waals surface area (Å²) in [6.45, 7) is 5.70. The van der Waals surface area contributed by atoms with E-state index in [0.29, 0.717) is 30.6 Å². The van der Waals surface area contributed by atoms with E-state index in [0.717, 1.165) is 63.9 Å². The minimum absolute atomic E-state index is 0.0130. The first-order valence-corrected chi connectivity index (χ1v) is 9.77. The number of hydrogen-bond acceptors (Lipinski definition) is 4. The van der Waals surface area contributed by atoms with Gasteiger partial charge in [-0.05, 0) is 44.4 Å². The Morgan fingerprint density at radius 1 is 1.23 bits per heavy atom. The number of likely N-dealkylation sites (tertiary alicyclic amines) is 1. The van der Waals surface area contributed by atoms with Crippen LogP contribution in [0.1, 0.15) is 65.8 Å². The van der Waals surface area contributed by atoms with E-state index in [1.165, 1.54) is 0 Å². The van der Waals surface area contributed by atoms with Gasteiger partial charge < -0.3 is 19.5 Å². The van der Waals surface area contributed by atoms with Gasteiger partial charge >= 0.3 is 0 Å². The molecule has 0 unspecified atom stereocenters. The molecule has 2 aliphatic heterocycles. The highest BCUT2D eigenvalue weighted by Crippen LogP contribution is 2.24. The Morgan fingerprint density at radius 2 is 2.00 bits per heavy atom. The molecule has 0 atom stereocenters. The summed E-state index contributed by atoms with van der Waals surface area (Å²) in [7, 11) is 1.64. The predicted octanol–water partition coefficient (Wildman–Crippen LogP) is 1.86. The summed E-state index contributed by atoms with van der Waals surface area (Å²) in [5.41, 5.74) is 1.42. The zero-order valence-electron chi connectivity index (χ0n) is 15.9. The molecule has 1 aromatic rings. The molecule has 2 aliphatic rings. The van der Waals surface area contributed by atoms with Gasteiger partial charge in [0.2, 0.25) is 0 Å². The van der Waals surface area contributed by atoms with E-state index in [9.17, 15) is 9.59 Å². The first-order valence-electron chi connectivity index (χ1n) is 9.77. The third-order valence-electron chi connectivity index (χ3n) is 5.41. The largest absolute Gasteiger partial charge is 0.385 e. The molecule has 2 amide bonds. The van der Waals surface area contributed by atoms with Gasteiger partial charge in [0, 0.05) is 39.9 Å². The van der Waals surface area contributed by atoms with Gasteiger partial charge in [-0.2, -0.15) is 0 Å². The zero-order valence-corrected chi connectivity index (χ0v) is 15.9. The monoisotopic (exact) mass is 362 g/mol. The van der Waals surface area contributed by atoms with Crippen LogP contribution >= 0.6 is 0 Å². The van der Waals surface area contributed by atoms with E-state index in [2.05, 4.69) is 17.2 Å². The van der Waals surface area contributed by atoms with Crippen molar-refractivity contribution in [2.45, 2.75) is 52.0 Å². The number of ether oxygens (including phenoxy) is 1. The Balaban J connectivity index is 1.77. The van der Waals surface area contributed by atoms with Crippen molar-refractivity contribution in [2.75, 3.05) is 33.4 Å². The topological polar surface area (TPSA) is 76.5 Å². The van der Waals surface area contributed by atoms with E-state index in [4.69, 9.17) is 4.74 Å². The minimum atomic E-state index is -0.199. The number of rotatable bonds is 6. The molecule has 1 fully saturated rings. The van der Waals surface area contributed by atoms with Crippen LogP contribution in [0.3, 0.4) is 0 Å². The van der Waals surface area contributed by atoms with Crippen molar-refractivity contribution in [1.82, 2.24) is 19.8 Å². The van der Waals surface area contributed by atoms with Crippen LogP contribution in [0, 0.1) is 5.92 Å². The molecular formula is C19H30N4O3. The fourth-order valence-corrected chi connectivity index (χ4v) is 3.75. The van der Waals surface area contributed by atoms with E-state index >= 15 is 0 Å². The van der Waals surface area contributed by atoms with Gasteiger partial charge in [0.15, 0.2) is 5.82 Å². The second-order valence-corrected chi connectivity index (χ2v) is 7.42. The number of carbonyl (C=O) groups is 2. The van der Waals surface area contributed by atoms with Crippen LogP contribution in [0.5, 0.6) is 0 Å². The molecule has 1 aromatic heterocycles. The van der Waals surface area contributed by atoms with Crippen molar-refractivity contribution in [3.05, 3.63) is 17.2 Å². The van der Waals surface area contributed by atoms with Crippen LogP contribution in [-0.4, -0.2) is 59.6 Å². The number of piperidine rings is 1. The molecule has 0 saturated carbocycles. The Kier molecular flexibility index (Phi) is 6.29. The maximum atomic E-state index is 13.0. The summed E-state index contributed by atoms with van der Waals surface area (Å²) >= 11 is 0. The minimum Gasteiger partial charge on any atom is -0.385 e. The Morgan fingerprint density at radius 3 is 2.73 bits per heavy atom. The molecule has 0 radical (unpaired) electrons. The van der Waals surface area contributed by atoms with Crippen molar-refractivity contribution in [3.8, 4) is 0 Å². The molecule has 7 heteroatoms. The van der Waals surface area contributed by atoms with Crippen molar-refractivity contribution < 1.29 is 14.3 Å². The van der Waals surface area contributed by atoms with Crippen molar-refractivity contribution >= 4 is 11.8 Å². The van der Waals surface area contributed by atoms with Crippen LogP contribution in [0.4, 0.5) is 0 Å². The average molecular weight is 362 g/mol. The van der Waals surface area contributed by atoms with Gasteiger partial charge in [-0.15, -0.1) is 0 Å². The first kappa shape index (κ1) is 18.9. The number of methoxy groups -OCH3 is 1. The lowest BCUT2D eigenvalue weighted by atomic mass is 9.98. The molecule has 3 heterocycles. The van der Waals surface area contributed by atoms with Crippen molar-refractivity contribution in [1.29, 1.82) is 0 Å². The van der Waals surface area contributed by atoms with Gasteiger partial charge in [0.25, 0.3) is 11.8 Å². The third-order valence-corrected chi connectivity index (χ3v) is 5.41. The molecule has 3 rings (SSSR count). The summed E-state index contributed by atoms with van der Waals surface area (Å²) in [6.07, 6.45) is 5.70. The summed E-state index contributed by atoms with van der Waals surface area (Å²) in [4.78, 5) is 32.0. The molecule has 0 aromatic carbocycles. The number of carbonyl (C=O) groups excluding carboxylic acids is 2. The second kappa shape index (κ2) is 8.66. The fraction of sp³-hybridized carbons (Fsp3) is 0.737. The maximum Gasteiger partial charge on any atom is 0.287 e. The molecule has 7 nitrogen and oxygen atoms in total. The quantitative estimate of drug-likeness (QED) is 0.784. The molecule has 0 bridgehead atoms. The van der Waals surface area contributed by atoms with E-state index in [1.54, 1.807) is 7.11 Å². The van der Waals surface area contributed by atoms with Crippen molar-refractivity contribution in [2.24, 2.45) is 5.92 Å². The highest BCUT2D eigenvalue weighted by atomic mass is 16.5. The normalized spacial score (nSPS) is 17.8. The number of amides is 2. The third kappa shape index (κ3) is 4.09. The number of nitrogens with zero attached hydrogens (tertiary/aromatic N) is 3. The zero-order chi connectivity index (χ0) is 18.5. The standard InChI is InChI=1S/C19H30N4O3/c1-14-7-11-22(12-8-14)19(25)16-15-6-3-4-10-23(15)17(21-16)18(24)20-9-5-13-26-2/h14H,3-13H2,1-2H3,(H,20,24). The van der Waals surface area contributed by atoms with Crippen LogP contribution in [-0.2, 0) is 17.7 Å².